The fourth-order valence-electron chi connectivity index (χ4n) is 13.3. The second kappa shape index (κ2) is 15.2. The summed E-state index contributed by atoms with van der Waals surface area (Å²) in [4.78, 5) is 8.07. The Morgan fingerprint density at radius 3 is 1.96 bits per heavy atom. The Kier molecular flexibility index (Phi) is 9.45. The third-order valence-electron chi connectivity index (χ3n) is 17.1. The molecule has 4 aliphatic rings. The normalized spacial score (nSPS) is 19.3. The molecule has 9 aromatic rings. The molecule has 0 spiro atoms. The maximum atomic E-state index is 2.78. The Morgan fingerprint density at radius 2 is 1.17 bits per heavy atom. The van der Waals surface area contributed by atoms with E-state index in [1.54, 1.807) is 0 Å². The molecule has 0 saturated heterocycles. The molecule has 3 nitrogen and oxygen atoms in total. The van der Waals surface area contributed by atoms with E-state index in [0.717, 1.165) is 6.42 Å². The molecule has 70 heavy (non-hydrogen) atoms. The summed E-state index contributed by atoms with van der Waals surface area (Å²) in [6, 6.07) is 63.6. The summed E-state index contributed by atoms with van der Waals surface area (Å²) in [6.07, 6.45) is 4.80. The van der Waals surface area contributed by atoms with E-state index in [2.05, 4.69) is 241 Å². The van der Waals surface area contributed by atoms with Crippen LogP contribution < -0.4 is 31.1 Å². The van der Waals surface area contributed by atoms with Crippen molar-refractivity contribution < 1.29 is 0 Å². The molecule has 0 N–H and O–H groups in total. The Morgan fingerprint density at radius 1 is 0.500 bits per heavy atom. The molecule has 1 aliphatic carbocycles. The van der Waals surface area contributed by atoms with Crippen LogP contribution in [-0.2, 0) is 16.2 Å². The van der Waals surface area contributed by atoms with Gasteiger partial charge >= 0.3 is 0 Å². The molecule has 13 rings (SSSR count). The number of benzene rings is 8. The second-order valence-corrected chi connectivity index (χ2v) is 24.5. The highest BCUT2D eigenvalue weighted by molar-refractivity contribution is 7.26. The maximum absolute atomic E-state index is 2.78. The van der Waals surface area contributed by atoms with Crippen molar-refractivity contribution in [3.8, 4) is 11.1 Å². The predicted molar refractivity (Wildman–Crippen MR) is 304 cm³/mol. The van der Waals surface area contributed by atoms with Gasteiger partial charge in [0.05, 0.1) is 11.2 Å². The molecule has 0 amide bonds. The third-order valence-corrected chi connectivity index (χ3v) is 18.3. The van der Waals surface area contributed by atoms with Gasteiger partial charge in [-0.2, -0.15) is 0 Å². The summed E-state index contributed by atoms with van der Waals surface area (Å²) >= 11 is 1.90. The minimum atomic E-state index is -0.106. The lowest BCUT2D eigenvalue weighted by Crippen LogP contribution is -2.61. The van der Waals surface area contributed by atoms with Gasteiger partial charge in [0.1, 0.15) is 0 Å². The first-order chi connectivity index (χ1) is 33.6. The average Bonchev–Trinajstić information content (AvgIpc) is 3.83. The van der Waals surface area contributed by atoms with Gasteiger partial charge in [-0.3, -0.25) is 0 Å². The zero-order chi connectivity index (χ0) is 48.1. The SMILES string of the molecule is Cc1cc2c3c(c1)N(c1cccc4sc5ccccc5c14)c1cc(N4c5ccc(-c6ccccc6)cc5C5(C)CCCCC45C)ccc1B3c1ccc(C(C)(C)C)cc1N2c1cccc(C(C)(C)C)c1. The van der Waals surface area contributed by atoms with Gasteiger partial charge < -0.3 is 14.7 Å². The van der Waals surface area contributed by atoms with Crippen LogP contribution in [0, 0.1) is 6.92 Å². The van der Waals surface area contributed by atoms with E-state index in [1.165, 1.54) is 135 Å². The van der Waals surface area contributed by atoms with Crippen LogP contribution in [0.5, 0.6) is 0 Å². The van der Waals surface area contributed by atoms with Crippen molar-refractivity contribution in [3.63, 3.8) is 0 Å². The summed E-state index contributed by atoms with van der Waals surface area (Å²) in [5.74, 6) is 0. The van der Waals surface area contributed by atoms with Crippen molar-refractivity contribution in [2.75, 3.05) is 14.7 Å². The van der Waals surface area contributed by atoms with Gasteiger partial charge in [0.15, 0.2) is 0 Å². The van der Waals surface area contributed by atoms with Crippen LogP contribution in [-0.4, -0.2) is 12.3 Å². The van der Waals surface area contributed by atoms with Crippen molar-refractivity contribution in [1.82, 2.24) is 0 Å². The average molecular weight is 928 g/mol. The fraction of sp³-hybridized carbons (Fsp3) is 0.262. The van der Waals surface area contributed by atoms with Gasteiger partial charge in [-0.15, -0.1) is 11.3 Å². The number of hydrogen-bond donors (Lipinski definition) is 0. The first-order valence-electron chi connectivity index (χ1n) is 25.7. The van der Waals surface area contributed by atoms with Crippen molar-refractivity contribution in [2.24, 2.45) is 0 Å². The summed E-state index contributed by atoms with van der Waals surface area (Å²) in [6.45, 7) is 21.5. The lowest BCUT2D eigenvalue weighted by Gasteiger charge is -2.50. The van der Waals surface area contributed by atoms with Crippen LogP contribution in [0.3, 0.4) is 0 Å². The summed E-state index contributed by atoms with van der Waals surface area (Å²) in [5.41, 5.74) is 22.0. The number of nitrogens with zero attached hydrogens (tertiary/aromatic N) is 3. The number of hydrogen-bond acceptors (Lipinski definition) is 4. The second-order valence-electron chi connectivity index (χ2n) is 23.4. The number of rotatable bonds is 4. The fourth-order valence-corrected chi connectivity index (χ4v) is 14.4. The largest absolute Gasteiger partial charge is 0.334 e. The van der Waals surface area contributed by atoms with E-state index in [0.29, 0.717) is 0 Å². The van der Waals surface area contributed by atoms with Gasteiger partial charge in [0, 0.05) is 65.4 Å². The van der Waals surface area contributed by atoms with Crippen LogP contribution in [0.1, 0.15) is 103 Å². The predicted octanol–water partition coefficient (Wildman–Crippen LogP) is 16.4. The zero-order valence-electron chi connectivity index (χ0n) is 42.2. The van der Waals surface area contributed by atoms with Crippen molar-refractivity contribution in [3.05, 3.63) is 186 Å². The molecule has 0 radical (unpaired) electrons. The topological polar surface area (TPSA) is 9.72 Å². The molecule has 346 valence electrons. The molecule has 4 heterocycles. The molecule has 8 aromatic carbocycles. The third kappa shape index (κ3) is 6.26. The molecule has 1 aromatic heterocycles. The highest BCUT2D eigenvalue weighted by Crippen LogP contribution is 2.62. The lowest BCUT2D eigenvalue weighted by molar-refractivity contribution is 0.195. The van der Waals surface area contributed by atoms with Gasteiger partial charge in [0.25, 0.3) is 6.71 Å². The number of anilines is 8. The maximum Gasteiger partial charge on any atom is 0.252 e. The standard InChI is InChI=1S/C65H62BN3S/c1-41-35-56-61-57(36-41)68(53-24-18-26-59-60(53)48-23-13-14-25-58(48)70-59)55-40-47(69-52-32-27-43(42-19-11-10-12-20-42)37-49(52)64(8)33-15-16-34-65(64,69)9)29-31-51(55)66(61)50-30-28-45(63(5,6)7)39-54(50)67(56)46-22-17-21-44(38-46)62(2,3)4/h10-14,17-32,35-40H,15-16,33-34H2,1-9H3. The highest BCUT2D eigenvalue weighted by atomic mass is 32.1. The molecule has 5 heteroatoms. The quantitative estimate of drug-likeness (QED) is 0.163. The minimum absolute atomic E-state index is 0.00192. The summed E-state index contributed by atoms with van der Waals surface area (Å²) in [7, 11) is 0. The molecular formula is C65H62BN3S. The first kappa shape index (κ1) is 43.5. The van der Waals surface area contributed by atoms with Gasteiger partial charge in [-0.25, -0.2) is 0 Å². The summed E-state index contributed by atoms with van der Waals surface area (Å²) < 4.78 is 2.63. The molecule has 1 fully saturated rings. The zero-order valence-corrected chi connectivity index (χ0v) is 43.1. The highest BCUT2D eigenvalue weighted by Gasteiger charge is 2.58. The van der Waals surface area contributed by atoms with Crippen LogP contribution in [0.4, 0.5) is 45.5 Å². The lowest BCUT2D eigenvalue weighted by atomic mass is 9.33. The number of fused-ring (bicyclic) bond motifs is 10. The van der Waals surface area contributed by atoms with Crippen LogP contribution in [0.2, 0.25) is 0 Å². The monoisotopic (exact) mass is 927 g/mol. The smallest absolute Gasteiger partial charge is 0.252 e. The Labute approximate surface area is 419 Å². The minimum Gasteiger partial charge on any atom is -0.334 e. The van der Waals surface area contributed by atoms with E-state index in [1.807, 2.05) is 11.3 Å². The van der Waals surface area contributed by atoms with Gasteiger partial charge in [0.2, 0.25) is 0 Å². The Bertz CT molecular complexity index is 3610. The molecule has 3 aliphatic heterocycles. The van der Waals surface area contributed by atoms with E-state index >= 15 is 0 Å². The molecule has 1 saturated carbocycles. The van der Waals surface area contributed by atoms with E-state index < -0.39 is 0 Å². The van der Waals surface area contributed by atoms with E-state index in [-0.39, 0.29) is 28.5 Å². The van der Waals surface area contributed by atoms with Crippen LogP contribution >= 0.6 is 11.3 Å². The van der Waals surface area contributed by atoms with Crippen LogP contribution in [0.25, 0.3) is 31.3 Å². The van der Waals surface area contributed by atoms with Crippen molar-refractivity contribution >= 4 is 100 Å². The Hall–Kier alpha value is -6.56. The number of thiophene rings is 1. The molecule has 2 atom stereocenters. The molecule has 2 unspecified atom stereocenters. The molecular weight excluding hydrogens is 866 g/mol. The number of aryl methyl sites for hydroxylation is 1. The van der Waals surface area contributed by atoms with Crippen molar-refractivity contribution in [1.29, 1.82) is 0 Å². The summed E-state index contributed by atoms with van der Waals surface area (Å²) in [5, 5.41) is 2.63. The van der Waals surface area contributed by atoms with E-state index in [9.17, 15) is 0 Å². The molecule has 0 bridgehead atoms. The Balaban J connectivity index is 1.10. The van der Waals surface area contributed by atoms with E-state index in [4.69, 9.17) is 0 Å². The van der Waals surface area contributed by atoms with Crippen LogP contribution in [0.15, 0.2) is 164 Å². The van der Waals surface area contributed by atoms with Gasteiger partial charge in [-0.05, 0) is 160 Å². The van der Waals surface area contributed by atoms with Gasteiger partial charge in [-0.1, -0.05) is 152 Å². The van der Waals surface area contributed by atoms with Crippen molar-refractivity contribution in [2.45, 2.75) is 110 Å². The first-order valence-corrected chi connectivity index (χ1v) is 26.5.